The molecule has 0 aliphatic carbocycles. The van der Waals surface area contributed by atoms with Crippen LogP contribution in [0.4, 0.5) is 11.6 Å². The van der Waals surface area contributed by atoms with Crippen LogP contribution >= 0.6 is 0 Å². The Morgan fingerprint density at radius 3 is 2.89 bits per heavy atom. The van der Waals surface area contributed by atoms with E-state index in [0.717, 1.165) is 24.6 Å². The Balaban J connectivity index is 2.19. The van der Waals surface area contributed by atoms with Crippen LogP contribution in [0.2, 0.25) is 0 Å². The number of rotatable bonds is 5. The highest BCUT2D eigenvalue weighted by Gasteiger charge is 2.32. The van der Waals surface area contributed by atoms with Crippen LogP contribution in [0.3, 0.4) is 0 Å². The SMILES string of the molecule is CCOCc1nc(NC)cc(N2CCC(C)(O)C2)n1. The Kier molecular flexibility index (Phi) is 4.21. The maximum Gasteiger partial charge on any atom is 0.158 e. The van der Waals surface area contributed by atoms with E-state index in [9.17, 15) is 5.11 Å². The van der Waals surface area contributed by atoms with E-state index in [0.29, 0.717) is 25.6 Å². The van der Waals surface area contributed by atoms with E-state index >= 15 is 0 Å². The van der Waals surface area contributed by atoms with Crippen LogP contribution in [0.5, 0.6) is 0 Å². The van der Waals surface area contributed by atoms with Crippen molar-refractivity contribution in [2.75, 3.05) is 37.0 Å². The Bertz CT molecular complexity index is 437. The lowest BCUT2D eigenvalue weighted by atomic mass is 10.1. The summed E-state index contributed by atoms with van der Waals surface area (Å²) >= 11 is 0. The topological polar surface area (TPSA) is 70.5 Å². The first-order valence-electron chi connectivity index (χ1n) is 6.65. The summed E-state index contributed by atoms with van der Waals surface area (Å²) in [4.78, 5) is 10.9. The first-order chi connectivity index (χ1) is 9.04. The molecule has 0 radical (unpaired) electrons. The molecule has 1 aromatic heterocycles. The average Bonchev–Trinajstić information content (AvgIpc) is 2.76. The second-order valence-corrected chi connectivity index (χ2v) is 5.08. The van der Waals surface area contributed by atoms with Crippen molar-refractivity contribution in [2.24, 2.45) is 0 Å². The van der Waals surface area contributed by atoms with Crippen molar-refractivity contribution >= 4 is 11.6 Å². The van der Waals surface area contributed by atoms with Gasteiger partial charge in [0.05, 0.1) is 5.60 Å². The molecule has 2 heterocycles. The molecule has 1 saturated heterocycles. The van der Waals surface area contributed by atoms with E-state index < -0.39 is 5.60 Å². The lowest BCUT2D eigenvalue weighted by Gasteiger charge is -2.20. The smallest absolute Gasteiger partial charge is 0.158 e. The molecule has 0 saturated carbocycles. The van der Waals surface area contributed by atoms with Gasteiger partial charge in [0.25, 0.3) is 0 Å². The van der Waals surface area contributed by atoms with Crippen molar-refractivity contribution in [3.63, 3.8) is 0 Å². The fourth-order valence-electron chi connectivity index (χ4n) is 2.17. The number of anilines is 2. The van der Waals surface area contributed by atoms with Gasteiger partial charge in [-0.15, -0.1) is 0 Å². The summed E-state index contributed by atoms with van der Waals surface area (Å²) in [7, 11) is 1.83. The van der Waals surface area contributed by atoms with Gasteiger partial charge in [-0.05, 0) is 20.3 Å². The number of aromatic nitrogens is 2. The van der Waals surface area contributed by atoms with Gasteiger partial charge >= 0.3 is 0 Å². The van der Waals surface area contributed by atoms with Crippen molar-refractivity contribution < 1.29 is 9.84 Å². The van der Waals surface area contributed by atoms with Crippen LogP contribution in [0.15, 0.2) is 6.07 Å². The molecule has 6 nitrogen and oxygen atoms in total. The summed E-state index contributed by atoms with van der Waals surface area (Å²) in [6.07, 6.45) is 0.757. The fourth-order valence-corrected chi connectivity index (χ4v) is 2.17. The van der Waals surface area contributed by atoms with Gasteiger partial charge in [-0.1, -0.05) is 0 Å². The molecule has 19 heavy (non-hydrogen) atoms. The molecule has 1 aliphatic heterocycles. The molecule has 0 bridgehead atoms. The van der Waals surface area contributed by atoms with Crippen molar-refractivity contribution in [1.82, 2.24) is 9.97 Å². The molecule has 1 atom stereocenters. The third kappa shape index (κ3) is 3.54. The van der Waals surface area contributed by atoms with Gasteiger partial charge in [0, 0.05) is 32.8 Å². The standard InChI is InChI=1S/C13H22N4O2/c1-4-19-8-11-15-10(14-3)7-12(16-11)17-6-5-13(2,18)9-17/h7,18H,4-6,8-9H2,1-3H3,(H,14,15,16). The van der Waals surface area contributed by atoms with Crippen LogP contribution in [0, 0.1) is 0 Å². The summed E-state index contributed by atoms with van der Waals surface area (Å²) in [5, 5.41) is 13.1. The van der Waals surface area contributed by atoms with Crippen LogP contribution in [-0.4, -0.2) is 47.4 Å². The third-order valence-electron chi connectivity index (χ3n) is 3.23. The largest absolute Gasteiger partial charge is 0.388 e. The number of nitrogens with one attached hydrogen (secondary N) is 1. The van der Waals surface area contributed by atoms with Crippen LogP contribution in [-0.2, 0) is 11.3 Å². The number of nitrogens with zero attached hydrogens (tertiary/aromatic N) is 3. The van der Waals surface area contributed by atoms with E-state index in [1.165, 1.54) is 0 Å². The number of aliphatic hydroxyl groups is 1. The van der Waals surface area contributed by atoms with Gasteiger partial charge in [-0.3, -0.25) is 0 Å². The highest BCUT2D eigenvalue weighted by atomic mass is 16.5. The number of ether oxygens (including phenoxy) is 1. The minimum Gasteiger partial charge on any atom is -0.388 e. The van der Waals surface area contributed by atoms with Crippen molar-refractivity contribution in [2.45, 2.75) is 32.5 Å². The Morgan fingerprint density at radius 1 is 1.53 bits per heavy atom. The van der Waals surface area contributed by atoms with Gasteiger partial charge in [-0.2, -0.15) is 0 Å². The zero-order valence-electron chi connectivity index (χ0n) is 11.8. The minimum atomic E-state index is -0.634. The van der Waals surface area contributed by atoms with Crippen LogP contribution in [0.25, 0.3) is 0 Å². The van der Waals surface area contributed by atoms with E-state index in [2.05, 4.69) is 20.2 Å². The molecule has 1 aliphatic rings. The Morgan fingerprint density at radius 2 is 2.32 bits per heavy atom. The maximum atomic E-state index is 10.0. The zero-order valence-corrected chi connectivity index (χ0v) is 11.8. The first kappa shape index (κ1) is 14.0. The number of hydrogen-bond acceptors (Lipinski definition) is 6. The minimum absolute atomic E-state index is 0.406. The predicted molar refractivity (Wildman–Crippen MR) is 74.4 cm³/mol. The van der Waals surface area contributed by atoms with Gasteiger partial charge in [0.2, 0.25) is 0 Å². The van der Waals surface area contributed by atoms with E-state index in [4.69, 9.17) is 4.74 Å². The molecular weight excluding hydrogens is 244 g/mol. The third-order valence-corrected chi connectivity index (χ3v) is 3.23. The second-order valence-electron chi connectivity index (χ2n) is 5.08. The Hall–Kier alpha value is -1.40. The highest BCUT2D eigenvalue weighted by molar-refractivity contribution is 5.50. The molecule has 0 aromatic carbocycles. The summed E-state index contributed by atoms with van der Waals surface area (Å²) in [5.41, 5.74) is -0.634. The van der Waals surface area contributed by atoms with Crippen LogP contribution < -0.4 is 10.2 Å². The quantitative estimate of drug-likeness (QED) is 0.829. The normalized spacial score (nSPS) is 22.8. The van der Waals surface area contributed by atoms with Crippen molar-refractivity contribution in [1.29, 1.82) is 0 Å². The van der Waals surface area contributed by atoms with Crippen molar-refractivity contribution in [3.8, 4) is 0 Å². The number of β-amino-alcohol motifs (C(OH)–C–C–N with tert-alkyl or cyclic N) is 1. The zero-order chi connectivity index (χ0) is 13.9. The summed E-state index contributed by atoms with van der Waals surface area (Å²) in [6, 6.07) is 1.90. The molecule has 1 aromatic rings. The van der Waals surface area contributed by atoms with Gasteiger partial charge in [-0.25, -0.2) is 9.97 Å². The van der Waals surface area contributed by atoms with E-state index in [1.807, 2.05) is 27.0 Å². The molecule has 1 fully saturated rings. The highest BCUT2D eigenvalue weighted by Crippen LogP contribution is 2.26. The maximum absolute atomic E-state index is 10.0. The van der Waals surface area contributed by atoms with Crippen LogP contribution in [0.1, 0.15) is 26.1 Å². The Labute approximate surface area is 113 Å². The molecule has 2 N–H and O–H groups in total. The lowest BCUT2D eigenvalue weighted by molar-refractivity contribution is 0.0839. The van der Waals surface area contributed by atoms with E-state index in [-0.39, 0.29) is 0 Å². The average molecular weight is 266 g/mol. The lowest BCUT2D eigenvalue weighted by Crippen LogP contribution is -2.30. The van der Waals surface area contributed by atoms with Gasteiger partial charge in [0.1, 0.15) is 18.2 Å². The summed E-state index contributed by atoms with van der Waals surface area (Å²) in [6.45, 7) is 6.25. The molecule has 0 spiro atoms. The monoisotopic (exact) mass is 266 g/mol. The second kappa shape index (κ2) is 5.71. The summed E-state index contributed by atoms with van der Waals surface area (Å²) < 4.78 is 5.36. The van der Waals surface area contributed by atoms with Gasteiger partial charge < -0.3 is 20.1 Å². The molecule has 1 unspecified atom stereocenters. The van der Waals surface area contributed by atoms with Gasteiger partial charge in [0.15, 0.2) is 5.82 Å². The fraction of sp³-hybridized carbons (Fsp3) is 0.692. The van der Waals surface area contributed by atoms with E-state index in [1.54, 1.807) is 0 Å². The molecule has 6 heteroatoms. The van der Waals surface area contributed by atoms with Crippen molar-refractivity contribution in [3.05, 3.63) is 11.9 Å². The first-order valence-corrected chi connectivity index (χ1v) is 6.65. The molecule has 2 rings (SSSR count). The molecular formula is C13H22N4O2. The summed E-state index contributed by atoms with van der Waals surface area (Å²) in [5.74, 6) is 2.27. The number of hydrogen-bond donors (Lipinski definition) is 2. The molecule has 106 valence electrons. The predicted octanol–water partition coefficient (Wildman–Crippen LogP) is 1.02. The molecule has 0 amide bonds.